The lowest BCUT2D eigenvalue weighted by Crippen LogP contribution is -2.13. The molecule has 2 aromatic carbocycles. The smallest absolute Gasteiger partial charge is 0.269 e. The second kappa shape index (κ2) is 8.58. The second-order valence-electron chi connectivity index (χ2n) is 5.34. The number of non-ortho nitro benzene ring substituents is 1. The van der Waals surface area contributed by atoms with Gasteiger partial charge < -0.3 is 10.1 Å². The van der Waals surface area contributed by atoms with Crippen LogP contribution in [0.4, 0.5) is 11.4 Å². The van der Waals surface area contributed by atoms with Crippen molar-refractivity contribution in [1.82, 2.24) is 0 Å². The highest BCUT2D eigenvalue weighted by molar-refractivity contribution is 5.98. The van der Waals surface area contributed by atoms with Gasteiger partial charge in [-0.3, -0.25) is 19.7 Å². The van der Waals surface area contributed by atoms with Crippen LogP contribution in [0.2, 0.25) is 0 Å². The Bertz CT molecular complexity index is 754. The maximum absolute atomic E-state index is 12.1. The van der Waals surface area contributed by atoms with E-state index in [1.807, 2.05) is 6.92 Å². The number of nitrogens with zero attached hydrogens (tertiary/aromatic N) is 1. The Morgan fingerprint density at radius 2 is 1.72 bits per heavy atom. The van der Waals surface area contributed by atoms with Crippen LogP contribution in [0.5, 0.6) is 5.75 Å². The Morgan fingerprint density at radius 3 is 2.28 bits per heavy atom. The van der Waals surface area contributed by atoms with E-state index >= 15 is 0 Å². The molecular formula is C18H18N2O5. The first-order valence-electron chi connectivity index (χ1n) is 7.80. The molecule has 0 heterocycles. The van der Waals surface area contributed by atoms with Crippen molar-refractivity contribution < 1.29 is 19.2 Å². The average molecular weight is 342 g/mol. The van der Waals surface area contributed by atoms with Crippen LogP contribution in [-0.2, 0) is 4.79 Å². The average Bonchev–Trinajstić information content (AvgIpc) is 2.61. The number of ketones is 1. The van der Waals surface area contributed by atoms with Crippen LogP contribution in [-0.4, -0.2) is 23.2 Å². The van der Waals surface area contributed by atoms with E-state index in [9.17, 15) is 19.7 Å². The molecule has 7 heteroatoms. The summed E-state index contributed by atoms with van der Waals surface area (Å²) in [5.41, 5.74) is 1.04. The van der Waals surface area contributed by atoms with Crippen LogP contribution in [0.25, 0.3) is 0 Å². The minimum absolute atomic E-state index is 0.0422. The van der Waals surface area contributed by atoms with Crippen molar-refractivity contribution in [2.24, 2.45) is 0 Å². The van der Waals surface area contributed by atoms with Gasteiger partial charge in [0, 0.05) is 29.8 Å². The van der Waals surface area contributed by atoms with Crippen molar-refractivity contribution in [2.45, 2.75) is 19.8 Å². The van der Waals surface area contributed by atoms with Crippen molar-refractivity contribution in [3.05, 3.63) is 64.2 Å². The van der Waals surface area contributed by atoms with Gasteiger partial charge in [-0.15, -0.1) is 0 Å². The summed E-state index contributed by atoms with van der Waals surface area (Å²) >= 11 is 0. The number of nitro benzene ring substituents is 1. The molecule has 130 valence electrons. The predicted molar refractivity (Wildman–Crippen MR) is 92.9 cm³/mol. The molecule has 25 heavy (non-hydrogen) atoms. The largest absolute Gasteiger partial charge is 0.485 e. The summed E-state index contributed by atoms with van der Waals surface area (Å²) in [7, 11) is 0. The molecule has 0 saturated heterocycles. The fourth-order valence-electron chi connectivity index (χ4n) is 2.09. The second-order valence-corrected chi connectivity index (χ2v) is 5.34. The first-order valence-corrected chi connectivity index (χ1v) is 7.80. The number of rotatable bonds is 8. The van der Waals surface area contributed by atoms with Gasteiger partial charge in [0.1, 0.15) is 5.75 Å². The zero-order chi connectivity index (χ0) is 18.2. The predicted octanol–water partition coefficient (Wildman–Crippen LogP) is 3.60. The number of hydrogen-bond donors (Lipinski definition) is 1. The molecular weight excluding hydrogens is 324 g/mol. The first kappa shape index (κ1) is 18.1. The number of Topliss-reactive ketones (excluding diaryl/α,β-unsaturated/α-hetero) is 1. The molecule has 0 aliphatic rings. The van der Waals surface area contributed by atoms with Crippen LogP contribution in [0.1, 0.15) is 30.1 Å². The fourth-order valence-corrected chi connectivity index (χ4v) is 2.09. The lowest BCUT2D eigenvalue weighted by Gasteiger charge is -2.07. The fraction of sp³-hybridized carbons (Fsp3) is 0.222. The molecule has 1 N–H and O–H groups in total. The summed E-state index contributed by atoms with van der Waals surface area (Å²) < 4.78 is 5.34. The highest BCUT2D eigenvalue weighted by Crippen LogP contribution is 2.18. The van der Waals surface area contributed by atoms with E-state index in [-0.39, 0.29) is 24.0 Å². The Labute approximate surface area is 144 Å². The summed E-state index contributed by atoms with van der Waals surface area (Å²) in [4.78, 5) is 33.7. The van der Waals surface area contributed by atoms with E-state index in [0.717, 1.165) is 6.42 Å². The molecule has 2 aromatic rings. The molecule has 0 saturated carbocycles. The van der Waals surface area contributed by atoms with E-state index < -0.39 is 4.92 Å². The van der Waals surface area contributed by atoms with Gasteiger partial charge in [0.15, 0.2) is 12.4 Å². The molecule has 0 radical (unpaired) electrons. The summed E-state index contributed by atoms with van der Waals surface area (Å²) in [5.74, 6) is 0.0790. The monoisotopic (exact) mass is 342 g/mol. The highest BCUT2D eigenvalue weighted by Gasteiger charge is 2.09. The van der Waals surface area contributed by atoms with E-state index in [1.165, 1.54) is 24.3 Å². The van der Waals surface area contributed by atoms with Gasteiger partial charge >= 0.3 is 0 Å². The topological polar surface area (TPSA) is 98.5 Å². The van der Waals surface area contributed by atoms with E-state index in [2.05, 4.69) is 5.32 Å². The highest BCUT2D eigenvalue weighted by atomic mass is 16.6. The quantitative estimate of drug-likeness (QED) is 0.449. The van der Waals surface area contributed by atoms with Crippen molar-refractivity contribution in [2.75, 3.05) is 11.9 Å². The van der Waals surface area contributed by atoms with Crippen LogP contribution < -0.4 is 10.1 Å². The maximum atomic E-state index is 12.1. The van der Waals surface area contributed by atoms with Gasteiger partial charge in [0.05, 0.1) is 4.92 Å². The minimum Gasteiger partial charge on any atom is -0.485 e. The number of ether oxygens (including phenoxy) is 1. The number of anilines is 1. The van der Waals surface area contributed by atoms with E-state index in [1.54, 1.807) is 24.3 Å². The SMILES string of the molecule is CCCC(=O)Nc1ccc(C(=O)COc2ccc([N+](=O)[O-])cc2)cc1. The normalized spacial score (nSPS) is 10.1. The summed E-state index contributed by atoms with van der Waals surface area (Å²) in [6.07, 6.45) is 1.21. The first-order chi connectivity index (χ1) is 12.0. The Balaban J connectivity index is 1.90. The third-order valence-corrected chi connectivity index (χ3v) is 3.39. The standard InChI is InChI=1S/C18H18N2O5/c1-2-3-18(22)19-14-6-4-13(5-7-14)17(21)12-25-16-10-8-15(9-11-16)20(23)24/h4-11H,2-3,12H2,1H3,(H,19,22). The lowest BCUT2D eigenvalue weighted by atomic mass is 10.1. The molecule has 0 atom stereocenters. The maximum Gasteiger partial charge on any atom is 0.269 e. The van der Waals surface area contributed by atoms with Crippen molar-refractivity contribution >= 4 is 23.1 Å². The van der Waals surface area contributed by atoms with Crippen LogP contribution in [0.3, 0.4) is 0 Å². The number of carbonyl (C=O) groups excluding carboxylic acids is 2. The summed E-state index contributed by atoms with van der Waals surface area (Å²) in [6, 6.07) is 12.1. The zero-order valence-corrected chi connectivity index (χ0v) is 13.7. The molecule has 1 amide bonds. The van der Waals surface area contributed by atoms with Crippen LogP contribution in [0.15, 0.2) is 48.5 Å². The molecule has 0 bridgehead atoms. The number of hydrogen-bond acceptors (Lipinski definition) is 5. The minimum atomic E-state index is -0.504. The van der Waals surface area contributed by atoms with Gasteiger partial charge in [0.2, 0.25) is 5.91 Å². The molecule has 0 aliphatic heterocycles. The molecule has 0 aromatic heterocycles. The number of benzene rings is 2. The number of nitrogens with one attached hydrogen (secondary N) is 1. The number of nitro groups is 1. The summed E-state index contributed by atoms with van der Waals surface area (Å²) in [5, 5.41) is 13.3. The third kappa shape index (κ3) is 5.42. The third-order valence-electron chi connectivity index (χ3n) is 3.39. The van der Waals surface area contributed by atoms with Gasteiger partial charge in [-0.1, -0.05) is 6.92 Å². The van der Waals surface area contributed by atoms with Crippen LogP contribution >= 0.6 is 0 Å². The molecule has 0 aliphatic carbocycles. The zero-order valence-electron chi connectivity index (χ0n) is 13.7. The number of carbonyl (C=O) groups is 2. The van der Waals surface area contributed by atoms with Crippen LogP contribution in [0, 0.1) is 10.1 Å². The molecule has 0 spiro atoms. The summed E-state index contributed by atoms with van der Waals surface area (Å²) in [6.45, 7) is 1.74. The van der Waals surface area contributed by atoms with Crippen molar-refractivity contribution in [3.63, 3.8) is 0 Å². The van der Waals surface area contributed by atoms with E-state index in [0.29, 0.717) is 23.4 Å². The van der Waals surface area contributed by atoms with Gasteiger partial charge in [-0.25, -0.2) is 0 Å². The Kier molecular flexibility index (Phi) is 6.22. The lowest BCUT2D eigenvalue weighted by molar-refractivity contribution is -0.384. The Morgan fingerprint density at radius 1 is 1.08 bits per heavy atom. The number of amides is 1. The van der Waals surface area contributed by atoms with Crippen molar-refractivity contribution in [1.29, 1.82) is 0 Å². The van der Waals surface area contributed by atoms with Gasteiger partial charge in [-0.05, 0) is 42.8 Å². The molecule has 2 rings (SSSR count). The van der Waals surface area contributed by atoms with Gasteiger partial charge in [0.25, 0.3) is 5.69 Å². The molecule has 0 unspecified atom stereocenters. The molecule has 0 fully saturated rings. The Hall–Kier alpha value is -3.22. The van der Waals surface area contributed by atoms with Crippen molar-refractivity contribution in [3.8, 4) is 5.75 Å². The van der Waals surface area contributed by atoms with Gasteiger partial charge in [-0.2, -0.15) is 0 Å². The molecule has 7 nitrogen and oxygen atoms in total. The van der Waals surface area contributed by atoms with E-state index in [4.69, 9.17) is 4.74 Å².